The van der Waals surface area contributed by atoms with Gasteiger partial charge in [0.15, 0.2) is 6.61 Å². The van der Waals surface area contributed by atoms with Crippen LogP contribution in [0.3, 0.4) is 0 Å². The summed E-state index contributed by atoms with van der Waals surface area (Å²) in [6.07, 6.45) is 0.876. The van der Waals surface area contributed by atoms with Gasteiger partial charge in [-0.3, -0.25) is 9.59 Å². The number of nitrogens with zero attached hydrogens (tertiary/aromatic N) is 2. The largest absolute Gasteiger partial charge is 0.454 e. The fraction of sp³-hybridized carbons (Fsp3) is 0.300. The summed E-state index contributed by atoms with van der Waals surface area (Å²) in [5, 5.41) is 3.15. The number of carbonyl (C=O) groups excluding carboxylic acids is 2. The first-order chi connectivity index (χ1) is 12.6. The molecule has 2 aromatic heterocycles. The highest BCUT2D eigenvalue weighted by molar-refractivity contribution is 7.10. The summed E-state index contributed by atoms with van der Waals surface area (Å²) >= 11 is 1.74. The highest BCUT2D eigenvalue weighted by Gasteiger charge is 2.22. The zero-order valence-electron chi connectivity index (χ0n) is 14.6. The fourth-order valence-electron chi connectivity index (χ4n) is 3.43. The van der Waals surface area contributed by atoms with E-state index in [1.54, 1.807) is 16.2 Å². The van der Waals surface area contributed by atoms with Crippen molar-refractivity contribution >= 4 is 34.1 Å². The molecule has 0 unspecified atom stereocenters. The van der Waals surface area contributed by atoms with Crippen molar-refractivity contribution in [2.45, 2.75) is 26.4 Å². The van der Waals surface area contributed by atoms with E-state index in [1.807, 2.05) is 41.8 Å². The normalized spacial score (nSPS) is 13.7. The number of esters is 1. The number of aromatic nitrogens is 1. The minimum absolute atomic E-state index is 0.112. The summed E-state index contributed by atoms with van der Waals surface area (Å²) in [6.45, 7) is 3.17. The van der Waals surface area contributed by atoms with Crippen LogP contribution in [0, 0.1) is 6.92 Å². The lowest BCUT2D eigenvalue weighted by molar-refractivity contribution is -0.152. The molecule has 5 nitrogen and oxygen atoms in total. The molecule has 0 saturated carbocycles. The lowest BCUT2D eigenvalue weighted by atomic mass is 10.1. The van der Waals surface area contributed by atoms with Gasteiger partial charge in [-0.2, -0.15) is 0 Å². The molecule has 26 heavy (non-hydrogen) atoms. The highest BCUT2D eigenvalue weighted by atomic mass is 32.1. The van der Waals surface area contributed by atoms with Crippen LogP contribution in [-0.2, 0) is 33.8 Å². The van der Waals surface area contributed by atoms with Gasteiger partial charge in [-0.05, 0) is 47.9 Å². The number of rotatable bonds is 4. The number of hydrogen-bond donors (Lipinski definition) is 0. The minimum atomic E-state index is -0.393. The van der Waals surface area contributed by atoms with Gasteiger partial charge in [0.05, 0.1) is 0 Å². The van der Waals surface area contributed by atoms with E-state index in [0.29, 0.717) is 13.1 Å². The maximum Gasteiger partial charge on any atom is 0.326 e. The van der Waals surface area contributed by atoms with Gasteiger partial charge in [0.2, 0.25) is 0 Å². The Balaban J connectivity index is 1.35. The van der Waals surface area contributed by atoms with Crippen LogP contribution in [-0.4, -0.2) is 34.5 Å². The number of ether oxygens (including phenoxy) is 1. The van der Waals surface area contributed by atoms with E-state index in [1.165, 1.54) is 10.4 Å². The fourth-order valence-corrected chi connectivity index (χ4v) is 4.32. The molecule has 1 amide bonds. The molecule has 0 spiro atoms. The van der Waals surface area contributed by atoms with Crippen LogP contribution in [0.1, 0.15) is 16.1 Å². The predicted molar refractivity (Wildman–Crippen MR) is 101 cm³/mol. The molecular weight excluding hydrogens is 348 g/mol. The Morgan fingerprint density at radius 3 is 2.96 bits per heavy atom. The van der Waals surface area contributed by atoms with E-state index in [4.69, 9.17) is 4.74 Å². The maximum atomic E-state index is 12.4. The van der Waals surface area contributed by atoms with E-state index in [9.17, 15) is 9.59 Å². The molecule has 3 aromatic rings. The molecule has 0 radical (unpaired) electrons. The molecule has 6 heteroatoms. The van der Waals surface area contributed by atoms with Crippen molar-refractivity contribution in [1.82, 2.24) is 9.47 Å². The number of hydrogen-bond acceptors (Lipinski definition) is 4. The first-order valence-electron chi connectivity index (χ1n) is 8.65. The van der Waals surface area contributed by atoms with Crippen LogP contribution >= 0.6 is 11.3 Å². The third kappa shape index (κ3) is 3.24. The average Bonchev–Trinajstić information content (AvgIpc) is 3.23. The second-order valence-corrected chi connectivity index (χ2v) is 7.53. The maximum absolute atomic E-state index is 12.4. The van der Waals surface area contributed by atoms with Crippen LogP contribution < -0.4 is 0 Å². The third-order valence-electron chi connectivity index (χ3n) is 4.82. The monoisotopic (exact) mass is 368 g/mol. The Bertz CT molecular complexity index is 973. The lowest BCUT2D eigenvalue weighted by Gasteiger charge is -2.26. The first-order valence-corrected chi connectivity index (χ1v) is 9.53. The summed E-state index contributed by atoms with van der Waals surface area (Å²) in [5.74, 6) is -0.527. The van der Waals surface area contributed by atoms with E-state index in [2.05, 4.69) is 11.4 Å². The summed E-state index contributed by atoms with van der Waals surface area (Å²) < 4.78 is 7.17. The SMILES string of the molecule is Cc1cc2ccccc2n1CC(=O)OCC(=O)N1CCc2sccc2C1. The van der Waals surface area contributed by atoms with E-state index >= 15 is 0 Å². The van der Waals surface area contributed by atoms with Crippen LogP contribution in [0.5, 0.6) is 0 Å². The molecule has 0 fully saturated rings. The number of para-hydroxylation sites is 1. The first kappa shape index (κ1) is 16.8. The third-order valence-corrected chi connectivity index (χ3v) is 5.84. The molecule has 0 atom stereocenters. The molecule has 0 aliphatic carbocycles. The second-order valence-electron chi connectivity index (χ2n) is 6.53. The molecule has 1 aromatic carbocycles. The van der Waals surface area contributed by atoms with Crippen LogP contribution in [0.4, 0.5) is 0 Å². The van der Waals surface area contributed by atoms with Gasteiger partial charge >= 0.3 is 5.97 Å². The summed E-state index contributed by atoms with van der Waals surface area (Å²) in [5.41, 5.74) is 3.19. The Morgan fingerprint density at radius 2 is 2.08 bits per heavy atom. The van der Waals surface area contributed by atoms with Crippen molar-refractivity contribution in [3.63, 3.8) is 0 Å². The van der Waals surface area contributed by atoms with Gasteiger partial charge in [-0.15, -0.1) is 11.3 Å². The van der Waals surface area contributed by atoms with Crippen molar-refractivity contribution in [3.05, 3.63) is 57.9 Å². The number of benzene rings is 1. The van der Waals surface area contributed by atoms with Crippen molar-refractivity contribution in [2.75, 3.05) is 13.2 Å². The lowest BCUT2D eigenvalue weighted by Crippen LogP contribution is -2.38. The van der Waals surface area contributed by atoms with Crippen molar-refractivity contribution < 1.29 is 14.3 Å². The zero-order chi connectivity index (χ0) is 18.1. The zero-order valence-corrected chi connectivity index (χ0v) is 15.4. The number of amides is 1. The molecule has 1 aliphatic rings. The summed E-state index contributed by atoms with van der Waals surface area (Å²) in [6, 6.07) is 12.0. The van der Waals surface area contributed by atoms with Crippen molar-refractivity contribution in [2.24, 2.45) is 0 Å². The van der Waals surface area contributed by atoms with Gasteiger partial charge < -0.3 is 14.2 Å². The Labute approximate surface area is 155 Å². The molecule has 0 bridgehead atoms. The highest BCUT2D eigenvalue weighted by Crippen LogP contribution is 2.24. The topological polar surface area (TPSA) is 51.5 Å². The number of thiophene rings is 1. The van der Waals surface area contributed by atoms with Gasteiger partial charge in [0.1, 0.15) is 6.54 Å². The minimum Gasteiger partial charge on any atom is -0.454 e. The molecule has 4 rings (SSSR count). The summed E-state index contributed by atoms with van der Waals surface area (Å²) in [4.78, 5) is 27.7. The molecule has 0 N–H and O–H groups in total. The average molecular weight is 368 g/mol. The number of aryl methyl sites for hydroxylation is 1. The van der Waals surface area contributed by atoms with Gasteiger partial charge in [0, 0.05) is 29.2 Å². The van der Waals surface area contributed by atoms with Crippen LogP contribution in [0.15, 0.2) is 41.8 Å². The standard InChI is InChI=1S/C20H20N2O3S/c1-14-10-15-4-2-3-5-17(15)22(14)12-20(24)25-13-19(23)21-8-6-18-16(11-21)7-9-26-18/h2-5,7,9-10H,6,8,11-13H2,1H3. The molecule has 1 aliphatic heterocycles. The van der Waals surface area contributed by atoms with E-state index in [-0.39, 0.29) is 19.1 Å². The van der Waals surface area contributed by atoms with Crippen molar-refractivity contribution in [1.29, 1.82) is 0 Å². The Hall–Kier alpha value is -2.60. The van der Waals surface area contributed by atoms with Crippen molar-refractivity contribution in [3.8, 4) is 0 Å². The van der Waals surface area contributed by atoms with Crippen LogP contribution in [0.25, 0.3) is 10.9 Å². The predicted octanol–water partition coefficient (Wildman–Crippen LogP) is 3.14. The Kier molecular flexibility index (Phi) is 4.51. The molecule has 3 heterocycles. The quantitative estimate of drug-likeness (QED) is 0.665. The number of fused-ring (bicyclic) bond motifs is 2. The summed E-state index contributed by atoms with van der Waals surface area (Å²) in [7, 11) is 0. The molecule has 0 saturated heterocycles. The van der Waals surface area contributed by atoms with Gasteiger partial charge in [-0.25, -0.2) is 0 Å². The second kappa shape index (κ2) is 6.96. The van der Waals surface area contributed by atoms with Gasteiger partial charge in [0.25, 0.3) is 5.91 Å². The smallest absolute Gasteiger partial charge is 0.326 e. The van der Waals surface area contributed by atoms with Crippen LogP contribution in [0.2, 0.25) is 0 Å². The van der Waals surface area contributed by atoms with E-state index < -0.39 is 5.97 Å². The number of carbonyl (C=O) groups is 2. The molecular formula is C20H20N2O3S. The Morgan fingerprint density at radius 1 is 1.23 bits per heavy atom. The van der Waals surface area contributed by atoms with Gasteiger partial charge in [-0.1, -0.05) is 18.2 Å². The molecule has 134 valence electrons. The van der Waals surface area contributed by atoms with E-state index in [0.717, 1.165) is 23.0 Å².